The second-order valence-corrected chi connectivity index (χ2v) is 10.00. The third-order valence-corrected chi connectivity index (χ3v) is 8.27. The summed E-state index contributed by atoms with van der Waals surface area (Å²) in [6.45, 7) is 1.58. The van der Waals surface area contributed by atoms with Crippen LogP contribution in [0.3, 0.4) is 0 Å². The predicted molar refractivity (Wildman–Crippen MR) is 116 cm³/mol. The van der Waals surface area contributed by atoms with Gasteiger partial charge < -0.3 is 9.64 Å². The van der Waals surface area contributed by atoms with Crippen LogP contribution in [0.1, 0.15) is 15.9 Å². The third-order valence-electron chi connectivity index (χ3n) is 5.00. The molecule has 1 saturated heterocycles. The molecular formula is C22H22N2O4S2. The molecule has 0 saturated carbocycles. The number of amides is 1. The summed E-state index contributed by atoms with van der Waals surface area (Å²) in [6, 6.07) is 20.2. The fourth-order valence-corrected chi connectivity index (χ4v) is 5.94. The van der Waals surface area contributed by atoms with Gasteiger partial charge in [-0.05, 0) is 29.6 Å². The van der Waals surface area contributed by atoms with Gasteiger partial charge in [-0.3, -0.25) is 4.79 Å². The highest BCUT2D eigenvalue weighted by Gasteiger charge is 2.31. The molecule has 1 amide bonds. The highest BCUT2D eigenvalue weighted by molar-refractivity contribution is 7.91. The Kier molecular flexibility index (Phi) is 6.17. The number of carbonyl (C=O) groups is 1. The van der Waals surface area contributed by atoms with Crippen LogP contribution in [0.4, 0.5) is 0 Å². The van der Waals surface area contributed by atoms with E-state index in [4.69, 9.17) is 4.74 Å². The largest absolute Gasteiger partial charge is 0.489 e. The number of carbonyl (C=O) groups excluding carboxylic acids is 1. The van der Waals surface area contributed by atoms with Gasteiger partial charge in [-0.15, -0.1) is 11.3 Å². The smallest absolute Gasteiger partial charge is 0.254 e. The van der Waals surface area contributed by atoms with Gasteiger partial charge in [0, 0.05) is 37.3 Å². The number of piperazine rings is 1. The maximum absolute atomic E-state index is 13.1. The molecule has 0 unspecified atom stereocenters. The first-order chi connectivity index (χ1) is 14.6. The van der Waals surface area contributed by atoms with Gasteiger partial charge in [0.05, 0.1) is 0 Å². The molecule has 1 aromatic heterocycles. The van der Waals surface area contributed by atoms with Crippen molar-refractivity contribution in [3.05, 3.63) is 83.2 Å². The average molecular weight is 443 g/mol. The Morgan fingerprint density at radius 3 is 2.30 bits per heavy atom. The first-order valence-corrected chi connectivity index (χ1v) is 12.0. The summed E-state index contributed by atoms with van der Waals surface area (Å²) in [4.78, 5) is 14.8. The Balaban J connectivity index is 1.42. The van der Waals surface area contributed by atoms with Crippen LogP contribution in [0, 0.1) is 0 Å². The highest BCUT2D eigenvalue weighted by atomic mass is 32.2. The molecule has 1 fully saturated rings. The van der Waals surface area contributed by atoms with Crippen LogP contribution < -0.4 is 4.74 Å². The summed E-state index contributed by atoms with van der Waals surface area (Å²) in [6.07, 6.45) is 0. The topological polar surface area (TPSA) is 66.9 Å². The van der Waals surface area contributed by atoms with Crippen LogP contribution >= 0.6 is 11.3 Å². The number of sulfonamides is 1. The molecule has 6 nitrogen and oxygen atoms in total. The predicted octanol–water partition coefficient (Wildman–Crippen LogP) is 3.47. The van der Waals surface area contributed by atoms with Gasteiger partial charge in [0.1, 0.15) is 16.6 Å². The molecule has 0 N–H and O–H groups in total. The van der Waals surface area contributed by atoms with E-state index < -0.39 is 10.0 Å². The molecule has 1 aliphatic heterocycles. The fourth-order valence-electron chi connectivity index (χ4n) is 3.37. The van der Waals surface area contributed by atoms with Gasteiger partial charge >= 0.3 is 0 Å². The lowest BCUT2D eigenvalue weighted by Gasteiger charge is -2.34. The molecule has 0 atom stereocenters. The quantitative estimate of drug-likeness (QED) is 0.586. The second-order valence-electron chi connectivity index (χ2n) is 6.89. The van der Waals surface area contributed by atoms with E-state index in [1.165, 1.54) is 15.6 Å². The van der Waals surface area contributed by atoms with Gasteiger partial charge in [0.15, 0.2) is 0 Å². The number of rotatable bonds is 6. The Morgan fingerprint density at radius 1 is 0.900 bits per heavy atom. The normalized spacial score (nSPS) is 15.1. The van der Waals surface area contributed by atoms with E-state index in [9.17, 15) is 13.2 Å². The monoisotopic (exact) mass is 442 g/mol. The van der Waals surface area contributed by atoms with Crippen molar-refractivity contribution in [1.82, 2.24) is 9.21 Å². The van der Waals surface area contributed by atoms with Crippen LogP contribution in [-0.2, 0) is 16.6 Å². The van der Waals surface area contributed by atoms with Gasteiger partial charge in [-0.25, -0.2) is 8.42 Å². The van der Waals surface area contributed by atoms with Gasteiger partial charge in [0.2, 0.25) is 0 Å². The summed E-state index contributed by atoms with van der Waals surface area (Å²) < 4.78 is 33.0. The minimum atomic E-state index is -3.49. The zero-order chi connectivity index (χ0) is 21.0. The number of thiophene rings is 1. The van der Waals surface area contributed by atoms with E-state index in [0.717, 1.165) is 11.3 Å². The third kappa shape index (κ3) is 4.40. The minimum Gasteiger partial charge on any atom is -0.489 e. The minimum absolute atomic E-state index is 0.101. The molecule has 8 heteroatoms. The molecule has 4 rings (SSSR count). The Hall–Kier alpha value is -2.68. The van der Waals surface area contributed by atoms with Gasteiger partial charge in [-0.1, -0.05) is 42.5 Å². The Morgan fingerprint density at radius 2 is 1.60 bits per heavy atom. The van der Waals surface area contributed by atoms with Crippen LogP contribution in [0.25, 0.3) is 0 Å². The van der Waals surface area contributed by atoms with Gasteiger partial charge in [-0.2, -0.15) is 4.31 Å². The summed E-state index contributed by atoms with van der Waals surface area (Å²) in [5.74, 6) is 0.641. The molecule has 0 spiro atoms. The highest BCUT2D eigenvalue weighted by Crippen LogP contribution is 2.23. The zero-order valence-corrected chi connectivity index (χ0v) is 17.9. The Labute approximate surface area is 180 Å². The second kappa shape index (κ2) is 8.99. The molecule has 0 radical (unpaired) electrons. The molecule has 0 bridgehead atoms. The van der Waals surface area contributed by atoms with Crippen LogP contribution in [-0.4, -0.2) is 49.7 Å². The number of nitrogens with zero attached hydrogens (tertiary/aromatic N) is 2. The maximum Gasteiger partial charge on any atom is 0.254 e. The van der Waals surface area contributed by atoms with Crippen molar-refractivity contribution >= 4 is 27.3 Å². The van der Waals surface area contributed by atoms with Crippen molar-refractivity contribution in [3.8, 4) is 5.75 Å². The average Bonchev–Trinajstić information content (AvgIpc) is 3.34. The van der Waals surface area contributed by atoms with E-state index in [2.05, 4.69) is 0 Å². The number of hydrogen-bond acceptors (Lipinski definition) is 5. The molecule has 0 aliphatic carbocycles. The standard InChI is InChI=1S/C22H22N2O4S2/c25-22(20-10-5-4-7-18(20)17-28-19-8-2-1-3-9-19)23-12-14-24(15-13-23)30(26,27)21-11-6-16-29-21/h1-11,16H,12-15,17H2. The van der Waals surface area contributed by atoms with Gasteiger partial charge in [0.25, 0.3) is 15.9 Å². The van der Waals surface area contributed by atoms with E-state index in [1.807, 2.05) is 48.5 Å². The number of hydrogen-bond donors (Lipinski definition) is 0. The molecule has 156 valence electrons. The molecular weight excluding hydrogens is 420 g/mol. The van der Waals surface area contributed by atoms with Crippen molar-refractivity contribution in [2.24, 2.45) is 0 Å². The first-order valence-electron chi connectivity index (χ1n) is 9.64. The lowest BCUT2D eigenvalue weighted by atomic mass is 10.1. The SMILES string of the molecule is O=C(c1ccccc1COc1ccccc1)N1CCN(S(=O)(=O)c2cccs2)CC1. The molecule has 3 aromatic rings. The first kappa shape index (κ1) is 20.6. The van der Waals surface area contributed by atoms with Crippen LogP contribution in [0.5, 0.6) is 5.75 Å². The van der Waals surface area contributed by atoms with Crippen LogP contribution in [0.2, 0.25) is 0 Å². The summed E-state index contributed by atoms with van der Waals surface area (Å²) in [5, 5.41) is 1.75. The summed E-state index contributed by atoms with van der Waals surface area (Å²) >= 11 is 1.21. The van der Waals surface area contributed by atoms with E-state index in [0.29, 0.717) is 29.5 Å². The number of para-hydroxylation sites is 1. The summed E-state index contributed by atoms with van der Waals surface area (Å²) in [5.41, 5.74) is 1.39. The van der Waals surface area contributed by atoms with E-state index in [-0.39, 0.29) is 19.0 Å². The fraction of sp³-hybridized carbons (Fsp3) is 0.227. The zero-order valence-electron chi connectivity index (χ0n) is 16.3. The summed E-state index contributed by atoms with van der Waals surface area (Å²) in [7, 11) is -3.49. The number of ether oxygens (including phenoxy) is 1. The van der Waals surface area contributed by atoms with Crippen molar-refractivity contribution in [2.75, 3.05) is 26.2 Å². The molecule has 30 heavy (non-hydrogen) atoms. The van der Waals surface area contributed by atoms with Crippen molar-refractivity contribution < 1.29 is 17.9 Å². The molecule has 1 aliphatic rings. The van der Waals surface area contributed by atoms with Crippen molar-refractivity contribution in [3.63, 3.8) is 0 Å². The van der Waals surface area contributed by atoms with Crippen molar-refractivity contribution in [2.45, 2.75) is 10.8 Å². The van der Waals surface area contributed by atoms with Crippen molar-refractivity contribution in [1.29, 1.82) is 0 Å². The maximum atomic E-state index is 13.1. The molecule has 2 heterocycles. The molecule has 2 aromatic carbocycles. The van der Waals surface area contributed by atoms with E-state index >= 15 is 0 Å². The van der Waals surface area contributed by atoms with Crippen LogP contribution in [0.15, 0.2) is 76.3 Å². The number of benzene rings is 2. The lowest BCUT2D eigenvalue weighted by Crippen LogP contribution is -2.50. The lowest BCUT2D eigenvalue weighted by molar-refractivity contribution is 0.0695. The Bertz CT molecular complexity index is 1090. The van der Waals surface area contributed by atoms with E-state index in [1.54, 1.807) is 28.5 Å².